The molecule has 0 spiro atoms. The SMILES string of the molecule is Cc1ccc([C@H]2CONC(c3c(Sc4cccc(Cl)c4F)nnc4ccccc34)=N2)s1. The smallest absolute Gasteiger partial charge is 0.156 e. The summed E-state index contributed by atoms with van der Waals surface area (Å²) in [7, 11) is 0. The van der Waals surface area contributed by atoms with Crippen LogP contribution in [0.25, 0.3) is 10.9 Å². The largest absolute Gasteiger partial charge is 0.272 e. The average Bonchev–Trinajstić information content (AvgIpc) is 3.23. The number of hydroxylamine groups is 1. The summed E-state index contributed by atoms with van der Waals surface area (Å²) in [6.07, 6.45) is 0. The van der Waals surface area contributed by atoms with Crippen molar-refractivity contribution in [3.63, 3.8) is 0 Å². The Morgan fingerprint density at radius 3 is 2.84 bits per heavy atom. The van der Waals surface area contributed by atoms with Crippen LogP contribution in [0.5, 0.6) is 0 Å². The molecule has 0 unspecified atom stereocenters. The number of nitrogens with one attached hydrogen (secondary N) is 1. The zero-order chi connectivity index (χ0) is 21.4. The fourth-order valence-corrected chi connectivity index (χ4v) is 5.38. The Balaban J connectivity index is 1.65. The van der Waals surface area contributed by atoms with Crippen molar-refractivity contribution in [3.8, 4) is 0 Å². The van der Waals surface area contributed by atoms with E-state index in [1.165, 1.54) is 10.9 Å². The van der Waals surface area contributed by atoms with Gasteiger partial charge in [-0.3, -0.25) is 9.83 Å². The Hall–Kier alpha value is -2.52. The fraction of sp³-hybridized carbons (Fsp3) is 0.136. The first-order chi connectivity index (χ1) is 15.1. The van der Waals surface area contributed by atoms with Crippen LogP contribution in [0.15, 0.2) is 69.5 Å². The number of fused-ring (bicyclic) bond motifs is 1. The van der Waals surface area contributed by atoms with Crippen LogP contribution in [0.2, 0.25) is 5.02 Å². The van der Waals surface area contributed by atoms with E-state index >= 15 is 0 Å². The molecule has 1 N–H and O–H groups in total. The molecule has 0 aliphatic carbocycles. The van der Waals surface area contributed by atoms with E-state index in [-0.39, 0.29) is 11.1 Å². The second-order valence-electron chi connectivity index (χ2n) is 6.91. The van der Waals surface area contributed by atoms with Gasteiger partial charge in [0.25, 0.3) is 0 Å². The van der Waals surface area contributed by atoms with Gasteiger partial charge in [0.15, 0.2) is 11.7 Å². The first-order valence-electron chi connectivity index (χ1n) is 9.50. The summed E-state index contributed by atoms with van der Waals surface area (Å²) < 4.78 is 14.6. The first kappa shape index (κ1) is 20.4. The molecule has 0 saturated carbocycles. The van der Waals surface area contributed by atoms with Gasteiger partial charge in [0, 0.05) is 15.1 Å². The van der Waals surface area contributed by atoms with Crippen molar-refractivity contribution in [2.75, 3.05) is 6.61 Å². The number of rotatable bonds is 4. The molecule has 3 heterocycles. The maximum Gasteiger partial charge on any atom is 0.156 e. The molecule has 0 amide bonds. The predicted octanol–water partition coefficient (Wildman–Crippen LogP) is 5.97. The molecular weight excluding hydrogens is 455 g/mol. The third-order valence-electron chi connectivity index (χ3n) is 4.78. The van der Waals surface area contributed by atoms with Crippen LogP contribution in [0.1, 0.15) is 21.4 Å². The van der Waals surface area contributed by atoms with Crippen LogP contribution in [-0.4, -0.2) is 22.6 Å². The number of hydrogen-bond acceptors (Lipinski definition) is 7. The number of nitrogens with zero attached hydrogens (tertiary/aromatic N) is 3. The molecule has 5 rings (SSSR count). The minimum atomic E-state index is -0.489. The lowest BCUT2D eigenvalue weighted by Crippen LogP contribution is -2.33. The molecule has 0 bridgehead atoms. The molecule has 31 heavy (non-hydrogen) atoms. The lowest BCUT2D eigenvalue weighted by atomic mass is 10.1. The zero-order valence-electron chi connectivity index (χ0n) is 16.3. The van der Waals surface area contributed by atoms with Gasteiger partial charge in [-0.1, -0.05) is 47.6 Å². The van der Waals surface area contributed by atoms with Crippen LogP contribution in [0.3, 0.4) is 0 Å². The minimum Gasteiger partial charge on any atom is -0.272 e. The van der Waals surface area contributed by atoms with E-state index in [2.05, 4.69) is 34.7 Å². The van der Waals surface area contributed by atoms with Gasteiger partial charge in [0.05, 0.1) is 21.0 Å². The van der Waals surface area contributed by atoms with Crippen molar-refractivity contribution in [1.82, 2.24) is 15.7 Å². The van der Waals surface area contributed by atoms with Crippen molar-refractivity contribution in [2.45, 2.75) is 22.9 Å². The second kappa shape index (κ2) is 8.55. The molecular formula is C22H16ClFN4OS2. The van der Waals surface area contributed by atoms with Crippen LogP contribution >= 0.6 is 34.7 Å². The Labute approximate surface area is 191 Å². The standard InChI is InChI=1S/C22H16ClFN4OS2/c1-12-9-10-17(30-12)16-11-29-28-21(25-16)19-13-5-2-3-7-15(13)26-27-22(19)31-18-8-4-6-14(23)20(18)24/h2-10,16H,11H2,1H3,(H,25,28)/t16-/m1/s1. The van der Waals surface area contributed by atoms with Crippen LogP contribution < -0.4 is 5.48 Å². The van der Waals surface area contributed by atoms with E-state index in [0.717, 1.165) is 22.0 Å². The molecule has 0 radical (unpaired) electrons. The summed E-state index contributed by atoms with van der Waals surface area (Å²) in [5, 5.41) is 10.1. The molecule has 156 valence electrons. The van der Waals surface area contributed by atoms with Crippen molar-refractivity contribution < 1.29 is 9.23 Å². The van der Waals surface area contributed by atoms with E-state index in [9.17, 15) is 4.39 Å². The summed E-state index contributed by atoms with van der Waals surface area (Å²) in [5.74, 6) is 0.0511. The minimum absolute atomic E-state index is 0.0601. The van der Waals surface area contributed by atoms with E-state index in [0.29, 0.717) is 33.4 Å². The van der Waals surface area contributed by atoms with Crippen molar-refractivity contribution in [1.29, 1.82) is 0 Å². The Kier molecular flexibility index (Phi) is 5.62. The normalized spacial score (nSPS) is 16.2. The molecule has 1 aliphatic rings. The number of amidine groups is 1. The number of thiophene rings is 1. The number of aromatic nitrogens is 2. The Bertz CT molecular complexity index is 1310. The molecule has 5 nitrogen and oxygen atoms in total. The predicted molar refractivity (Wildman–Crippen MR) is 122 cm³/mol. The highest BCUT2D eigenvalue weighted by Crippen LogP contribution is 2.36. The number of hydrogen-bond donors (Lipinski definition) is 1. The maximum absolute atomic E-state index is 14.6. The molecule has 1 aliphatic heterocycles. The van der Waals surface area contributed by atoms with Crippen LogP contribution in [-0.2, 0) is 4.84 Å². The van der Waals surface area contributed by atoms with Crippen molar-refractivity contribution in [2.24, 2.45) is 4.99 Å². The van der Waals surface area contributed by atoms with Crippen LogP contribution in [0.4, 0.5) is 4.39 Å². The number of benzene rings is 2. The fourth-order valence-electron chi connectivity index (χ4n) is 3.31. The molecule has 2 aromatic carbocycles. The first-order valence-corrected chi connectivity index (χ1v) is 11.5. The maximum atomic E-state index is 14.6. The highest BCUT2D eigenvalue weighted by molar-refractivity contribution is 7.99. The molecule has 4 aromatic rings. The summed E-state index contributed by atoms with van der Waals surface area (Å²) in [6, 6.07) is 16.5. The monoisotopic (exact) mass is 470 g/mol. The average molecular weight is 471 g/mol. The topological polar surface area (TPSA) is 59.4 Å². The summed E-state index contributed by atoms with van der Waals surface area (Å²) in [5.41, 5.74) is 4.37. The Morgan fingerprint density at radius 2 is 2.00 bits per heavy atom. The molecule has 2 aromatic heterocycles. The van der Waals surface area contributed by atoms with Crippen LogP contribution in [0, 0.1) is 12.7 Å². The molecule has 9 heteroatoms. The Morgan fingerprint density at radius 1 is 1.13 bits per heavy atom. The number of halogens is 2. The van der Waals surface area contributed by atoms with Gasteiger partial charge < -0.3 is 0 Å². The third-order valence-corrected chi connectivity index (χ3v) is 7.19. The summed E-state index contributed by atoms with van der Waals surface area (Å²) >= 11 is 8.82. The molecule has 0 saturated heterocycles. The zero-order valence-corrected chi connectivity index (χ0v) is 18.7. The van der Waals surface area contributed by atoms with E-state index in [1.54, 1.807) is 23.5 Å². The van der Waals surface area contributed by atoms with E-state index in [4.69, 9.17) is 21.4 Å². The van der Waals surface area contributed by atoms with Gasteiger partial charge in [-0.2, -0.15) is 0 Å². The van der Waals surface area contributed by atoms with Gasteiger partial charge in [0.1, 0.15) is 17.7 Å². The molecule has 0 fully saturated rings. The van der Waals surface area contributed by atoms with Gasteiger partial charge in [0.2, 0.25) is 0 Å². The van der Waals surface area contributed by atoms with Gasteiger partial charge in [-0.15, -0.1) is 21.5 Å². The number of aryl methyl sites for hydroxylation is 1. The lowest BCUT2D eigenvalue weighted by molar-refractivity contribution is 0.0628. The summed E-state index contributed by atoms with van der Waals surface area (Å²) in [4.78, 5) is 13.3. The van der Waals surface area contributed by atoms with Gasteiger partial charge in [-0.25, -0.2) is 9.87 Å². The molecule has 1 atom stereocenters. The number of aliphatic imine (C=N–C) groups is 1. The highest BCUT2D eigenvalue weighted by atomic mass is 35.5. The van der Waals surface area contributed by atoms with Crippen molar-refractivity contribution >= 4 is 51.4 Å². The van der Waals surface area contributed by atoms with Gasteiger partial charge >= 0.3 is 0 Å². The highest BCUT2D eigenvalue weighted by Gasteiger charge is 2.25. The lowest BCUT2D eigenvalue weighted by Gasteiger charge is -2.23. The quantitative estimate of drug-likeness (QED) is 0.398. The van der Waals surface area contributed by atoms with E-state index < -0.39 is 5.82 Å². The third kappa shape index (κ3) is 4.04. The summed E-state index contributed by atoms with van der Waals surface area (Å²) in [6.45, 7) is 2.49. The van der Waals surface area contributed by atoms with E-state index in [1.807, 2.05) is 24.3 Å². The van der Waals surface area contributed by atoms with Gasteiger partial charge in [-0.05, 0) is 37.3 Å². The van der Waals surface area contributed by atoms with Crippen molar-refractivity contribution in [3.05, 3.63) is 80.8 Å². The second-order valence-corrected chi connectivity index (χ2v) is 9.66.